The number of benzene rings is 1. The number of carbonyl (C=O) groups is 2. The smallest absolute Gasteiger partial charge is 0.314 e. The van der Waals surface area contributed by atoms with Crippen LogP contribution in [-0.2, 0) is 16.0 Å². The normalized spacial score (nSPS) is 15.0. The molecule has 1 aromatic heterocycles. The van der Waals surface area contributed by atoms with Crippen LogP contribution in [0.3, 0.4) is 0 Å². The van der Waals surface area contributed by atoms with Gasteiger partial charge in [0, 0.05) is 31.5 Å². The van der Waals surface area contributed by atoms with Crippen LogP contribution in [0.15, 0.2) is 21.7 Å². The third-order valence-corrected chi connectivity index (χ3v) is 4.10. The van der Waals surface area contributed by atoms with E-state index in [9.17, 15) is 29.3 Å². The van der Waals surface area contributed by atoms with E-state index in [1.54, 1.807) is 0 Å². The van der Waals surface area contributed by atoms with Crippen molar-refractivity contribution in [2.45, 2.75) is 25.7 Å². The van der Waals surface area contributed by atoms with E-state index in [-0.39, 0.29) is 54.3 Å². The lowest BCUT2D eigenvalue weighted by Crippen LogP contribution is -2.41. The van der Waals surface area contributed by atoms with Crippen LogP contribution in [-0.4, -0.2) is 38.2 Å². The second-order valence-electron chi connectivity index (χ2n) is 5.74. The molecule has 0 saturated carbocycles. The largest absolute Gasteiger partial charge is 0.316 e. The molecule has 1 aliphatic heterocycles. The number of hydrogen-bond donors (Lipinski definition) is 2. The SMILES string of the molecule is O=C1CCCC(=O)N1CCc1cc([N+](=O)[O-])cc2[nH]c(=O)c(=O)[nH]c12. The molecule has 1 fully saturated rings. The fourth-order valence-corrected chi connectivity index (χ4v) is 2.87. The fourth-order valence-electron chi connectivity index (χ4n) is 2.87. The number of nitrogens with one attached hydrogen (secondary N) is 2. The summed E-state index contributed by atoms with van der Waals surface area (Å²) in [5.74, 6) is -0.569. The Labute approximate surface area is 139 Å². The number of hydrogen-bond acceptors (Lipinski definition) is 6. The highest BCUT2D eigenvalue weighted by molar-refractivity contribution is 5.97. The molecular weight excluding hydrogens is 332 g/mol. The van der Waals surface area contributed by atoms with Gasteiger partial charge in [0.2, 0.25) is 11.8 Å². The minimum absolute atomic E-state index is 0.0507. The first-order chi connectivity index (χ1) is 11.9. The Morgan fingerprint density at radius 2 is 1.68 bits per heavy atom. The number of fused-ring (bicyclic) bond motifs is 1. The van der Waals surface area contributed by atoms with Crippen molar-refractivity contribution in [2.75, 3.05) is 6.54 Å². The molecule has 2 aromatic rings. The van der Waals surface area contributed by atoms with Crippen LogP contribution in [0.4, 0.5) is 5.69 Å². The molecule has 0 atom stereocenters. The Balaban J connectivity index is 2.01. The Kier molecular flexibility index (Phi) is 4.17. The number of nitro groups is 1. The van der Waals surface area contributed by atoms with Crippen LogP contribution in [0, 0.1) is 10.1 Å². The molecular formula is C15H14N4O6. The lowest BCUT2D eigenvalue weighted by atomic mass is 10.1. The van der Waals surface area contributed by atoms with Gasteiger partial charge in [0.15, 0.2) is 0 Å². The van der Waals surface area contributed by atoms with E-state index in [2.05, 4.69) is 9.97 Å². The summed E-state index contributed by atoms with van der Waals surface area (Å²) in [5, 5.41) is 11.1. The lowest BCUT2D eigenvalue weighted by molar-refractivity contribution is -0.384. The number of amides is 2. The number of likely N-dealkylation sites (tertiary alicyclic amines) is 1. The van der Waals surface area contributed by atoms with E-state index in [1.165, 1.54) is 6.07 Å². The minimum Gasteiger partial charge on any atom is -0.316 e. The molecule has 2 N–H and O–H groups in total. The lowest BCUT2D eigenvalue weighted by Gasteiger charge is -2.24. The molecule has 1 aliphatic rings. The van der Waals surface area contributed by atoms with E-state index in [0.29, 0.717) is 12.0 Å². The van der Waals surface area contributed by atoms with Gasteiger partial charge in [-0.15, -0.1) is 0 Å². The summed E-state index contributed by atoms with van der Waals surface area (Å²) < 4.78 is 0. The molecule has 0 aliphatic carbocycles. The maximum Gasteiger partial charge on any atom is 0.314 e. The van der Waals surface area contributed by atoms with Gasteiger partial charge in [-0.3, -0.25) is 34.2 Å². The second-order valence-corrected chi connectivity index (χ2v) is 5.74. The predicted octanol–water partition coefficient (Wildman–Crippen LogP) is 0.206. The summed E-state index contributed by atoms with van der Waals surface area (Å²) >= 11 is 0. The highest BCUT2D eigenvalue weighted by atomic mass is 16.6. The van der Waals surface area contributed by atoms with E-state index >= 15 is 0 Å². The zero-order valence-corrected chi connectivity index (χ0v) is 13.0. The summed E-state index contributed by atoms with van der Waals surface area (Å²) in [4.78, 5) is 63.0. The molecule has 10 heteroatoms. The first-order valence-corrected chi connectivity index (χ1v) is 7.63. The molecule has 1 saturated heterocycles. The maximum absolute atomic E-state index is 11.9. The zero-order valence-electron chi connectivity index (χ0n) is 13.0. The Hall–Kier alpha value is -3.30. The summed E-state index contributed by atoms with van der Waals surface area (Å²) in [6.45, 7) is 0.0507. The molecule has 2 heterocycles. The van der Waals surface area contributed by atoms with Gasteiger partial charge >= 0.3 is 11.1 Å². The van der Waals surface area contributed by atoms with Crippen LogP contribution in [0.2, 0.25) is 0 Å². The molecule has 3 rings (SSSR count). The van der Waals surface area contributed by atoms with Gasteiger partial charge in [0.05, 0.1) is 16.0 Å². The van der Waals surface area contributed by atoms with E-state index in [0.717, 1.165) is 11.0 Å². The van der Waals surface area contributed by atoms with Crippen molar-refractivity contribution in [1.29, 1.82) is 0 Å². The summed E-state index contributed by atoms with van der Waals surface area (Å²) in [6.07, 6.45) is 1.21. The van der Waals surface area contributed by atoms with E-state index < -0.39 is 16.0 Å². The topological polar surface area (TPSA) is 146 Å². The summed E-state index contributed by atoms with van der Waals surface area (Å²) in [7, 11) is 0. The van der Waals surface area contributed by atoms with Crippen molar-refractivity contribution >= 4 is 28.5 Å². The van der Waals surface area contributed by atoms with Gasteiger partial charge in [-0.2, -0.15) is 0 Å². The monoisotopic (exact) mass is 346 g/mol. The third-order valence-electron chi connectivity index (χ3n) is 4.10. The number of aromatic nitrogens is 2. The van der Waals surface area contributed by atoms with Crippen LogP contribution in [0.5, 0.6) is 0 Å². The minimum atomic E-state index is -0.916. The first kappa shape index (κ1) is 16.6. The van der Waals surface area contributed by atoms with Gasteiger partial charge in [0.1, 0.15) is 0 Å². The van der Waals surface area contributed by atoms with Gasteiger partial charge in [0.25, 0.3) is 5.69 Å². The maximum atomic E-state index is 11.9. The van der Waals surface area contributed by atoms with Crippen LogP contribution < -0.4 is 11.1 Å². The van der Waals surface area contributed by atoms with Crippen molar-refractivity contribution in [3.8, 4) is 0 Å². The van der Waals surface area contributed by atoms with Crippen molar-refractivity contribution in [1.82, 2.24) is 14.9 Å². The van der Waals surface area contributed by atoms with Gasteiger partial charge < -0.3 is 9.97 Å². The summed E-state index contributed by atoms with van der Waals surface area (Å²) in [5.41, 5.74) is -1.34. The highest BCUT2D eigenvalue weighted by Crippen LogP contribution is 2.23. The molecule has 0 unspecified atom stereocenters. The molecule has 130 valence electrons. The van der Waals surface area contributed by atoms with E-state index in [1.807, 2.05) is 0 Å². The number of nitrogens with zero attached hydrogens (tertiary/aromatic N) is 2. The molecule has 10 nitrogen and oxygen atoms in total. The Bertz CT molecular complexity index is 989. The van der Waals surface area contributed by atoms with Gasteiger partial charge in [-0.25, -0.2) is 0 Å². The first-order valence-electron chi connectivity index (χ1n) is 7.63. The van der Waals surface area contributed by atoms with Crippen LogP contribution in [0.25, 0.3) is 11.0 Å². The number of nitro benzene ring substituents is 1. The number of aromatic amines is 2. The Morgan fingerprint density at radius 3 is 2.32 bits per heavy atom. The second kappa shape index (κ2) is 6.30. The average molecular weight is 346 g/mol. The molecule has 0 bridgehead atoms. The number of rotatable bonds is 4. The standard InChI is InChI=1S/C15H14N4O6/c20-11-2-1-3-12(21)18(11)5-4-8-6-9(19(24)25)7-10-13(8)17-15(23)14(22)16-10/h6-7H,1-5H2,(H,16,22)(H,17,23). The molecule has 0 radical (unpaired) electrons. The van der Waals surface area contributed by atoms with Crippen LogP contribution >= 0.6 is 0 Å². The molecule has 2 amide bonds. The fraction of sp³-hybridized carbons (Fsp3) is 0.333. The van der Waals surface area contributed by atoms with Crippen molar-refractivity contribution < 1.29 is 14.5 Å². The molecule has 25 heavy (non-hydrogen) atoms. The number of piperidine rings is 1. The molecule has 0 spiro atoms. The molecule has 1 aromatic carbocycles. The van der Waals surface area contributed by atoms with Crippen molar-refractivity contribution in [3.05, 3.63) is 48.5 Å². The third kappa shape index (κ3) is 3.18. The zero-order chi connectivity index (χ0) is 18.1. The predicted molar refractivity (Wildman–Crippen MR) is 86.1 cm³/mol. The number of H-pyrrole nitrogens is 2. The summed E-state index contributed by atoms with van der Waals surface area (Å²) in [6, 6.07) is 2.41. The van der Waals surface area contributed by atoms with Gasteiger partial charge in [-0.1, -0.05) is 0 Å². The Morgan fingerprint density at radius 1 is 1.04 bits per heavy atom. The number of carbonyl (C=O) groups excluding carboxylic acids is 2. The highest BCUT2D eigenvalue weighted by Gasteiger charge is 2.26. The van der Waals surface area contributed by atoms with Crippen molar-refractivity contribution in [3.63, 3.8) is 0 Å². The number of non-ortho nitro benzene ring substituents is 1. The average Bonchev–Trinajstić information content (AvgIpc) is 2.55. The van der Waals surface area contributed by atoms with E-state index in [4.69, 9.17) is 0 Å². The van der Waals surface area contributed by atoms with Gasteiger partial charge in [-0.05, 0) is 18.4 Å². The van der Waals surface area contributed by atoms with Crippen LogP contribution in [0.1, 0.15) is 24.8 Å². The number of imide groups is 1. The quantitative estimate of drug-likeness (QED) is 0.350. The van der Waals surface area contributed by atoms with Crippen molar-refractivity contribution in [2.24, 2.45) is 0 Å².